The van der Waals surface area contributed by atoms with Crippen molar-refractivity contribution in [1.29, 1.82) is 0 Å². The quantitative estimate of drug-likeness (QED) is 0.446. The van der Waals surface area contributed by atoms with Crippen LogP contribution >= 0.6 is 23.6 Å². The molecule has 0 radical (unpaired) electrons. The third-order valence-electron chi connectivity index (χ3n) is 1.29. The van der Waals surface area contributed by atoms with Crippen LogP contribution in [0.4, 0.5) is 5.69 Å². The van der Waals surface area contributed by atoms with E-state index in [4.69, 9.17) is 15.8 Å². The van der Waals surface area contributed by atoms with Crippen LogP contribution in [0.1, 0.15) is 0 Å². The van der Waals surface area contributed by atoms with E-state index in [1.54, 1.807) is 12.1 Å². The van der Waals surface area contributed by atoms with Gasteiger partial charge in [-0.1, -0.05) is 11.6 Å². The number of nitro benzene ring substituents is 1. The smallest absolute Gasteiger partial charge is 0.286 e. The lowest BCUT2D eigenvalue weighted by molar-refractivity contribution is -0.387. The molecule has 1 aromatic rings. The van der Waals surface area contributed by atoms with Gasteiger partial charge in [-0.15, -0.1) is 0 Å². The summed E-state index contributed by atoms with van der Waals surface area (Å²) in [6.45, 7) is 0. The fraction of sp³-hybridized carbons (Fsp3) is 0.143. The Morgan fingerprint density at radius 1 is 1.62 bits per heavy atom. The van der Waals surface area contributed by atoms with Crippen LogP contribution in [0, 0.1) is 10.1 Å². The molecule has 0 N–H and O–H groups in total. The van der Waals surface area contributed by atoms with Gasteiger partial charge in [0.1, 0.15) is 4.90 Å². The molecule has 0 aliphatic carbocycles. The summed E-state index contributed by atoms with van der Waals surface area (Å²) in [5.74, 6) is 0. The molecule has 0 bridgehead atoms. The van der Waals surface area contributed by atoms with Crippen molar-refractivity contribution in [3.05, 3.63) is 33.3 Å². The van der Waals surface area contributed by atoms with Gasteiger partial charge in [0.05, 0.1) is 12.0 Å². The van der Waals surface area contributed by atoms with Gasteiger partial charge in [-0.05, 0) is 12.1 Å². The number of hydrogen-bond acceptors (Lipinski definition) is 4. The van der Waals surface area contributed by atoms with Crippen LogP contribution in [0.15, 0.2) is 23.1 Å². The molecular formula is C7H6ClNO3S. The molecule has 0 saturated heterocycles. The van der Waals surface area contributed by atoms with E-state index in [0.717, 1.165) is 12.0 Å². The Labute approximate surface area is 84.2 Å². The Hall–Kier alpha value is -0.780. The topological polar surface area (TPSA) is 52.4 Å². The fourth-order valence-corrected chi connectivity index (χ4v) is 1.48. The molecule has 0 atom stereocenters. The van der Waals surface area contributed by atoms with Crippen molar-refractivity contribution >= 4 is 29.3 Å². The minimum atomic E-state index is -0.493. The van der Waals surface area contributed by atoms with Gasteiger partial charge in [0.25, 0.3) is 5.69 Å². The van der Waals surface area contributed by atoms with E-state index >= 15 is 0 Å². The lowest BCUT2D eigenvalue weighted by atomic mass is 10.3. The molecule has 0 aliphatic rings. The van der Waals surface area contributed by atoms with Crippen LogP contribution < -0.4 is 0 Å². The van der Waals surface area contributed by atoms with Crippen LogP contribution in [0.5, 0.6) is 0 Å². The molecule has 13 heavy (non-hydrogen) atoms. The summed E-state index contributed by atoms with van der Waals surface area (Å²) in [7, 11) is 1.45. The zero-order chi connectivity index (χ0) is 9.84. The van der Waals surface area contributed by atoms with Crippen molar-refractivity contribution in [1.82, 2.24) is 0 Å². The Bertz CT molecular complexity index is 332. The lowest BCUT2D eigenvalue weighted by Crippen LogP contribution is -1.90. The van der Waals surface area contributed by atoms with Crippen molar-refractivity contribution in [2.24, 2.45) is 0 Å². The van der Waals surface area contributed by atoms with Crippen LogP contribution in [0.25, 0.3) is 0 Å². The molecule has 70 valence electrons. The van der Waals surface area contributed by atoms with Gasteiger partial charge in [0, 0.05) is 23.1 Å². The van der Waals surface area contributed by atoms with E-state index in [2.05, 4.69) is 0 Å². The Morgan fingerprint density at radius 3 is 2.85 bits per heavy atom. The maximum atomic E-state index is 10.5. The van der Waals surface area contributed by atoms with Crippen molar-refractivity contribution in [2.75, 3.05) is 7.11 Å². The number of rotatable bonds is 3. The molecule has 1 aromatic carbocycles. The van der Waals surface area contributed by atoms with Gasteiger partial charge < -0.3 is 4.18 Å². The highest BCUT2D eigenvalue weighted by atomic mass is 35.5. The maximum absolute atomic E-state index is 10.5. The predicted molar refractivity (Wildman–Crippen MR) is 51.0 cm³/mol. The van der Waals surface area contributed by atoms with E-state index in [0.29, 0.717) is 9.92 Å². The minimum Gasteiger partial charge on any atom is -0.313 e. The maximum Gasteiger partial charge on any atom is 0.286 e. The third kappa shape index (κ3) is 2.58. The average Bonchev–Trinajstić information content (AvgIpc) is 2.08. The first-order valence-electron chi connectivity index (χ1n) is 3.29. The molecule has 0 aliphatic heterocycles. The molecule has 0 spiro atoms. The molecule has 0 unspecified atom stereocenters. The fourth-order valence-electron chi connectivity index (χ4n) is 0.793. The SMILES string of the molecule is COSc1ccc(Cl)cc1[N+](=O)[O-]. The summed E-state index contributed by atoms with van der Waals surface area (Å²) in [5, 5.41) is 10.9. The van der Waals surface area contributed by atoms with Gasteiger partial charge in [0.2, 0.25) is 0 Å². The molecular weight excluding hydrogens is 214 g/mol. The Kier molecular flexibility index (Phi) is 3.53. The van der Waals surface area contributed by atoms with Crippen LogP contribution in [0.2, 0.25) is 5.02 Å². The minimum absolute atomic E-state index is 0.0423. The van der Waals surface area contributed by atoms with Crippen LogP contribution in [-0.4, -0.2) is 12.0 Å². The van der Waals surface area contributed by atoms with E-state index in [9.17, 15) is 10.1 Å². The van der Waals surface area contributed by atoms with Gasteiger partial charge in [-0.25, -0.2) is 0 Å². The molecule has 6 heteroatoms. The van der Waals surface area contributed by atoms with Crippen molar-refractivity contribution in [2.45, 2.75) is 4.90 Å². The predicted octanol–water partition coefficient (Wildman–Crippen LogP) is 2.90. The molecule has 0 amide bonds. The van der Waals surface area contributed by atoms with Gasteiger partial charge in [-0.2, -0.15) is 0 Å². The zero-order valence-electron chi connectivity index (χ0n) is 6.69. The average molecular weight is 220 g/mol. The molecule has 0 heterocycles. The number of nitrogens with zero attached hydrogens (tertiary/aromatic N) is 1. The second-order valence-electron chi connectivity index (χ2n) is 2.12. The first-order chi connectivity index (χ1) is 6.15. The second kappa shape index (κ2) is 4.45. The highest BCUT2D eigenvalue weighted by Crippen LogP contribution is 2.31. The number of nitro groups is 1. The van der Waals surface area contributed by atoms with Gasteiger partial charge in [-0.3, -0.25) is 10.1 Å². The monoisotopic (exact) mass is 219 g/mol. The van der Waals surface area contributed by atoms with Crippen LogP contribution in [0.3, 0.4) is 0 Å². The zero-order valence-corrected chi connectivity index (χ0v) is 8.26. The van der Waals surface area contributed by atoms with Crippen molar-refractivity contribution in [3.8, 4) is 0 Å². The first-order valence-corrected chi connectivity index (χ1v) is 4.41. The summed E-state index contributed by atoms with van der Waals surface area (Å²) in [6, 6.07) is 4.42. The summed E-state index contributed by atoms with van der Waals surface area (Å²) >= 11 is 6.55. The highest BCUT2D eigenvalue weighted by Gasteiger charge is 2.14. The Morgan fingerprint density at radius 2 is 2.31 bits per heavy atom. The van der Waals surface area contributed by atoms with Crippen molar-refractivity contribution < 1.29 is 9.11 Å². The van der Waals surface area contributed by atoms with E-state index in [1.165, 1.54) is 13.2 Å². The van der Waals surface area contributed by atoms with E-state index in [-0.39, 0.29) is 5.69 Å². The summed E-state index contributed by atoms with van der Waals surface area (Å²) in [4.78, 5) is 10.5. The molecule has 1 rings (SSSR count). The number of hydrogen-bond donors (Lipinski definition) is 0. The van der Waals surface area contributed by atoms with E-state index < -0.39 is 4.92 Å². The number of benzene rings is 1. The summed E-state index contributed by atoms with van der Waals surface area (Å²) in [6.07, 6.45) is 0. The van der Waals surface area contributed by atoms with Crippen LogP contribution in [-0.2, 0) is 4.18 Å². The van der Waals surface area contributed by atoms with Gasteiger partial charge in [0.15, 0.2) is 0 Å². The van der Waals surface area contributed by atoms with Crippen molar-refractivity contribution in [3.63, 3.8) is 0 Å². The number of halogens is 1. The largest absolute Gasteiger partial charge is 0.313 e. The first kappa shape index (κ1) is 10.3. The standard InChI is InChI=1S/C7H6ClNO3S/c1-12-13-7-3-2-5(8)4-6(7)9(10)11/h2-4H,1H3. The molecule has 4 nitrogen and oxygen atoms in total. The Balaban J connectivity index is 3.10. The van der Waals surface area contributed by atoms with E-state index in [1.807, 2.05) is 0 Å². The normalized spacial score (nSPS) is 10.0. The second-order valence-corrected chi connectivity index (χ2v) is 3.50. The highest BCUT2D eigenvalue weighted by molar-refractivity contribution is 7.94. The van der Waals surface area contributed by atoms with Gasteiger partial charge >= 0.3 is 0 Å². The third-order valence-corrected chi connectivity index (χ3v) is 2.22. The summed E-state index contributed by atoms with van der Waals surface area (Å²) < 4.78 is 4.73. The lowest BCUT2D eigenvalue weighted by Gasteiger charge is -1.99. The molecule has 0 saturated carbocycles. The molecule has 0 fully saturated rings. The molecule has 0 aromatic heterocycles. The summed E-state index contributed by atoms with van der Waals surface area (Å²) in [5.41, 5.74) is -0.0423.